The van der Waals surface area contributed by atoms with Crippen LogP contribution in [0.15, 0.2) is 18.2 Å². The molecule has 0 N–H and O–H groups in total. The molecule has 1 aromatic heterocycles. The molecule has 0 aliphatic heterocycles. The number of benzene rings is 1. The monoisotopic (exact) mass is 352 g/mol. The second-order valence-electron chi connectivity index (χ2n) is 5.31. The van der Waals surface area contributed by atoms with Crippen molar-refractivity contribution in [3.63, 3.8) is 0 Å². The molecule has 128 valence electrons. The van der Waals surface area contributed by atoms with Gasteiger partial charge >= 0.3 is 5.97 Å². The van der Waals surface area contributed by atoms with Gasteiger partial charge in [0.25, 0.3) is 0 Å². The number of methoxy groups -OCH3 is 1. The Morgan fingerprint density at radius 3 is 2.79 bits per heavy atom. The van der Waals surface area contributed by atoms with Gasteiger partial charge in [0, 0.05) is 12.0 Å². The number of nitrogens with zero attached hydrogens (tertiary/aromatic N) is 2. The van der Waals surface area contributed by atoms with Gasteiger partial charge in [0.2, 0.25) is 0 Å². The van der Waals surface area contributed by atoms with E-state index in [9.17, 15) is 14.0 Å². The highest BCUT2D eigenvalue weighted by atomic mass is 35.5. The molecule has 0 saturated heterocycles. The molecule has 7 heteroatoms. The van der Waals surface area contributed by atoms with Crippen molar-refractivity contribution in [2.45, 2.75) is 32.7 Å². The van der Waals surface area contributed by atoms with Crippen LogP contribution in [0.2, 0.25) is 5.15 Å². The standard InChI is InChI=1S/C17H18ClFN2O3/c1-3-4-5-15-20-16(18)14(10-22)21(15)9-12-7-6-11(8-13(12)19)17(23)24-2/h6-8,10H,3-5,9H2,1-2H3. The van der Waals surface area contributed by atoms with Gasteiger partial charge in [-0.2, -0.15) is 0 Å². The van der Waals surface area contributed by atoms with Gasteiger partial charge < -0.3 is 9.30 Å². The molecule has 0 aliphatic carbocycles. The van der Waals surface area contributed by atoms with Crippen molar-refractivity contribution in [2.24, 2.45) is 0 Å². The molecule has 1 heterocycles. The van der Waals surface area contributed by atoms with Crippen molar-refractivity contribution < 1.29 is 18.7 Å². The molecule has 0 saturated carbocycles. The van der Waals surface area contributed by atoms with Crippen molar-refractivity contribution in [2.75, 3.05) is 7.11 Å². The minimum absolute atomic E-state index is 0.111. The fourth-order valence-electron chi connectivity index (χ4n) is 2.39. The van der Waals surface area contributed by atoms with Crippen molar-refractivity contribution in [3.05, 3.63) is 51.8 Å². The first-order chi connectivity index (χ1) is 11.5. The lowest BCUT2D eigenvalue weighted by Gasteiger charge is -2.11. The zero-order chi connectivity index (χ0) is 17.7. The van der Waals surface area contributed by atoms with Crippen LogP contribution in [-0.4, -0.2) is 28.9 Å². The van der Waals surface area contributed by atoms with Gasteiger partial charge in [-0.05, 0) is 18.6 Å². The number of aryl methyl sites for hydroxylation is 1. The number of imidazole rings is 1. The van der Waals surface area contributed by atoms with Crippen LogP contribution in [0.1, 0.15) is 52.0 Å². The molecule has 0 atom stereocenters. The Bertz CT molecular complexity index is 759. The van der Waals surface area contributed by atoms with Crippen LogP contribution in [-0.2, 0) is 17.7 Å². The fraction of sp³-hybridized carbons (Fsp3) is 0.353. The molecule has 0 bridgehead atoms. The SMILES string of the molecule is CCCCc1nc(Cl)c(C=O)n1Cc1ccc(C(=O)OC)cc1F. The first kappa shape index (κ1) is 18.1. The van der Waals surface area contributed by atoms with E-state index >= 15 is 0 Å². The Morgan fingerprint density at radius 1 is 1.46 bits per heavy atom. The van der Waals surface area contributed by atoms with Crippen molar-refractivity contribution in [1.82, 2.24) is 9.55 Å². The molecule has 1 aromatic carbocycles. The lowest BCUT2D eigenvalue weighted by atomic mass is 10.1. The number of carbonyl (C=O) groups excluding carboxylic acids is 2. The number of aldehydes is 1. The second-order valence-corrected chi connectivity index (χ2v) is 5.67. The molecule has 2 rings (SSSR count). The van der Waals surface area contributed by atoms with E-state index in [1.54, 1.807) is 4.57 Å². The number of hydrogen-bond acceptors (Lipinski definition) is 4. The largest absolute Gasteiger partial charge is 0.465 e. The van der Waals surface area contributed by atoms with E-state index in [0.29, 0.717) is 24.1 Å². The quantitative estimate of drug-likeness (QED) is 0.563. The summed E-state index contributed by atoms with van der Waals surface area (Å²) >= 11 is 6.00. The summed E-state index contributed by atoms with van der Waals surface area (Å²) in [5.74, 6) is -0.523. The van der Waals surface area contributed by atoms with E-state index < -0.39 is 11.8 Å². The summed E-state index contributed by atoms with van der Waals surface area (Å²) < 4.78 is 20.5. The molecule has 0 fully saturated rings. The number of carbonyl (C=O) groups is 2. The Balaban J connectivity index is 2.36. The average molecular weight is 353 g/mol. The maximum absolute atomic E-state index is 14.3. The van der Waals surface area contributed by atoms with Crippen LogP contribution in [0.25, 0.3) is 0 Å². The number of rotatable bonds is 7. The number of ether oxygens (including phenoxy) is 1. The molecule has 0 amide bonds. The predicted octanol–water partition coefficient (Wildman–Crippen LogP) is 3.67. The summed E-state index contributed by atoms with van der Waals surface area (Å²) in [5, 5.41) is 0.114. The fourth-order valence-corrected chi connectivity index (χ4v) is 2.63. The zero-order valence-electron chi connectivity index (χ0n) is 13.5. The van der Waals surface area contributed by atoms with Crippen LogP contribution in [0.5, 0.6) is 0 Å². The van der Waals surface area contributed by atoms with Gasteiger partial charge in [0.05, 0.1) is 19.2 Å². The number of unbranched alkanes of at least 4 members (excludes halogenated alkanes) is 1. The molecule has 0 unspecified atom stereocenters. The maximum atomic E-state index is 14.3. The second kappa shape index (κ2) is 8.06. The molecule has 2 aromatic rings. The van der Waals surface area contributed by atoms with Gasteiger partial charge in [-0.1, -0.05) is 31.0 Å². The minimum atomic E-state index is -0.608. The van der Waals surface area contributed by atoms with Gasteiger partial charge in [0.1, 0.15) is 17.3 Å². The van der Waals surface area contributed by atoms with Crippen LogP contribution >= 0.6 is 11.6 Å². The van der Waals surface area contributed by atoms with Gasteiger partial charge in [0.15, 0.2) is 11.4 Å². The normalized spacial score (nSPS) is 10.7. The molecular weight excluding hydrogens is 335 g/mol. The Morgan fingerprint density at radius 2 is 2.21 bits per heavy atom. The number of halogens is 2. The van der Waals surface area contributed by atoms with Gasteiger partial charge in [-0.15, -0.1) is 0 Å². The highest BCUT2D eigenvalue weighted by Gasteiger charge is 2.17. The Labute approximate surface area is 144 Å². The topological polar surface area (TPSA) is 61.2 Å². The van der Waals surface area contributed by atoms with E-state index in [0.717, 1.165) is 18.9 Å². The summed E-state index contributed by atoms with van der Waals surface area (Å²) in [6, 6.07) is 4.09. The Hall–Kier alpha value is -2.21. The van der Waals surface area contributed by atoms with Crippen LogP contribution in [0, 0.1) is 5.82 Å². The highest BCUT2D eigenvalue weighted by Crippen LogP contribution is 2.21. The van der Waals surface area contributed by atoms with Gasteiger partial charge in [-0.3, -0.25) is 4.79 Å². The third-order valence-electron chi connectivity index (χ3n) is 3.71. The summed E-state index contributed by atoms with van der Waals surface area (Å²) in [6.45, 7) is 2.15. The molecule has 24 heavy (non-hydrogen) atoms. The van der Waals surface area contributed by atoms with E-state index in [1.165, 1.54) is 19.2 Å². The summed E-state index contributed by atoms with van der Waals surface area (Å²) in [4.78, 5) is 26.9. The average Bonchev–Trinajstić information content (AvgIpc) is 2.88. The lowest BCUT2D eigenvalue weighted by Crippen LogP contribution is -2.11. The highest BCUT2D eigenvalue weighted by molar-refractivity contribution is 6.31. The van der Waals surface area contributed by atoms with E-state index in [4.69, 9.17) is 11.6 Å². The lowest BCUT2D eigenvalue weighted by molar-refractivity contribution is 0.0600. The molecular formula is C17H18ClFN2O3. The van der Waals surface area contributed by atoms with Crippen LogP contribution in [0.3, 0.4) is 0 Å². The van der Waals surface area contributed by atoms with Crippen molar-refractivity contribution in [3.8, 4) is 0 Å². The smallest absolute Gasteiger partial charge is 0.337 e. The van der Waals surface area contributed by atoms with Gasteiger partial charge in [-0.25, -0.2) is 14.2 Å². The Kier molecular flexibility index (Phi) is 6.09. The number of esters is 1. The third-order valence-corrected chi connectivity index (χ3v) is 3.99. The predicted molar refractivity (Wildman–Crippen MR) is 88.1 cm³/mol. The maximum Gasteiger partial charge on any atom is 0.337 e. The minimum Gasteiger partial charge on any atom is -0.465 e. The van der Waals surface area contributed by atoms with Crippen LogP contribution in [0.4, 0.5) is 4.39 Å². The van der Waals surface area contributed by atoms with E-state index in [1.807, 2.05) is 6.92 Å². The number of hydrogen-bond donors (Lipinski definition) is 0. The first-order valence-corrected chi connectivity index (χ1v) is 7.96. The molecule has 0 spiro atoms. The zero-order valence-corrected chi connectivity index (χ0v) is 14.3. The summed E-state index contributed by atoms with van der Waals surface area (Å²) in [6.07, 6.45) is 3.11. The van der Waals surface area contributed by atoms with E-state index in [2.05, 4.69) is 9.72 Å². The summed E-state index contributed by atoms with van der Waals surface area (Å²) in [7, 11) is 1.23. The summed E-state index contributed by atoms with van der Waals surface area (Å²) in [5.41, 5.74) is 0.681. The third kappa shape index (κ3) is 3.82. The molecule has 0 radical (unpaired) electrons. The van der Waals surface area contributed by atoms with E-state index in [-0.39, 0.29) is 23.0 Å². The number of aromatic nitrogens is 2. The first-order valence-electron chi connectivity index (χ1n) is 7.58. The molecule has 0 aliphatic rings. The molecule has 5 nitrogen and oxygen atoms in total. The van der Waals surface area contributed by atoms with Crippen LogP contribution < -0.4 is 0 Å². The van der Waals surface area contributed by atoms with Crippen molar-refractivity contribution in [1.29, 1.82) is 0 Å². The van der Waals surface area contributed by atoms with Crippen molar-refractivity contribution >= 4 is 23.9 Å².